The molecule has 0 saturated carbocycles. The van der Waals surface area contributed by atoms with Gasteiger partial charge in [-0.2, -0.15) is 0 Å². The van der Waals surface area contributed by atoms with Gasteiger partial charge in [0.2, 0.25) is 0 Å². The molecule has 0 heterocycles. The van der Waals surface area contributed by atoms with Crippen molar-refractivity contribution >= 4 is 17.3 Å². The van der Waals surface area contributed by atoms with Crippen molar-refractivity contribution < 1.29 is 4.92 Å². The molecule has 2 aromatic carbocycles. The highest BCUT2D eigenvalue weighted by Crippen LogP contribution is 2.21. The summed E-state index contributed by atoms with van der Waals surface area (Å²) in [4.78, 5) is 10.5. The van der Waals surface area contributed by atoms with Crippen LogP contribution in [0.25, 0.3) is 0 Å². The topological polar surface area (TPSA) is 55.2 Å². The van der Waals surface area contributed by atoms with Crippen LogP contribution in [0.3, 0.4) is 0 Å². The highest BCUT2D eigenvalue weighted by molar-refractivity contribution is 6.30. The van der Waals surface area contributed by atoms with Crippen LogP contribution in [0.4, 0.5) is 5.69 Å². The minimum absolute atomic E-state index is 0.163. The first kappa shape index (κ1) is 14.5. The molecule has 0 aliphatic carbocycles. The summed E-state index contributed by atoms with van der Waals surface area (Å²) < 4.78 is 0. The number of nitrogens with zero attached hydrogens (tertiary/aromatic N) is 1. The minimum atomic E-state index is -0.349. The van der Waals surface area contributed by atoms with E-state index in [1.807, 2.05) is 30.3 Å². The third kappa shape index (κ3) is 3.56. The molecule has 104 valence electrons. The summed E-state index contributed by atoms with van der Waals surface area (Å²) in [6.07, 6.45) is 0. The lowest BCUT2D eigenvalue weighted by Gasteiger charge is -2.08. The van der Waals surface area contributed by atoms with E-state index in [4.69, 9.17) is 11.6 Å². The van der Waals surface area contributed by atoms with Gasteiger partial charge in [0.1, 0.15) is 0 Å². The van der Waals surface area contributed by atoms with Crippen LogP contribution in [-0.2, 0) is 13.1 Å². The van der Waals surface area contributed by atoms with Crippen molar-refractivity contribution in [1.29, 1.82) is 0 Å². The molecule has 0 unspecified atom stereocenters. The molecule has 0 aliphatic heterocycles. The third-order valence-electron chi connectivity index (χ3n) is 3.17. The fourth-order valence-corrected chi connectivity index (χ4v) is 2.13. The van der Waals surface area contributed by atoms with Gasteiger partial charge in [-0.05, 0) is 30.2 Å². The van der Waals surface area contributed by atoms with E-state index in [-0.39, 0.29) is 10.6 Å². The van der Waals surface area contributed by atoms with Crippen molar-refractivity contribution in [3.63, 3.8) is 0 Å². The molecule has 0 amide bonds. The number of nitro groups is 1. The molecule has 20 heavy (non-hydrogen) atoms. The van der Waals surface area contributed by atoms with Gasteiger partial charge in [-0.1, -0.05) is 35.9 Å². The van der Waals surface area contributed by atoms with Gasteiger partial charge < -0.3 is 5.32 Å². The van der Waals surface area contributed by atoms with Crippen molar-refractivity contribution in [1.82, 2.24) is 5.32 Å². The average molecular weight is 291 g/mol. The predicted octanol–water partition coefficient (Wildman–Crippen LogP) is 3.85. The maximum Gasteiger partial charge on any atom is 0.272 e. The van der Waals surface area contributed by atoms with Crippen LogP contribution < -0.4 is 5.32 Å². The fourth-order valence-electron chi connectivity index (χ4n) is 2.00. The molecular weight excluding hydrogens is 276 g/mol. The number of rotatable bonds is 5. The first-order chi connectivity index (χ1) is 9.58. The quantitative estimate of drug-likeness (QED) is 0.672. The van der Waals surface area contributed by atoms with Crippen molar-refractivity contribution in [3.05, 3.63) is 74.3 Å². The molecule has 0 radical (unpaired) electrons. The standard InChI is InChI=1S/C15H15ClN2O2/c1-11-13(3-2-4-15(11)18(19)20)10-17-9-12-5-7-14(16)8-6-12/h2-8,17H,9-10H2,1H3. The predicted molar refractivity (Wildman–Crippen MR) is 79.8 cm³/mol. The molecule has 4 nitrogen and oxygen atoms in total. The summed E-state index contributed by atoms with van der Waals surface area (Å²) in [7, 11) is 0. The molecule has 1 N–H and O–H groups in total. The van der Waals surface area contributed by atoms with Crippen LogP contribution in [0, 0.1) is 17.0 Å². The Kier molecular flexibility index (Phi) is 4.71. The van der Waals surface area contributed by atoms with Crippen molar-refractivity contribution in [3.8, 4) is 0 Å². The summed E-state index contributed by atoms with van der Waals surface area (Å²) in [5.41, 5.74) is 2.93. The van der Waals surface area contributed by atoms with Crippen LogP contribution in [0.15, 0.2) is 42.5 Å². The van der Waals surface area contributed by atoms with Gasteiger partial charge in [0.15, 0.2) is 0 Å². The van der Waals surface area contributed by atoms with Crippen molar-refractivity contribution in [2.75, 3.05) is 0 Å². The Bertz CT molecular complexity index is 612. The fraction of sp³-hybridized carbons (Fsp3) is 0.200. The normalized spacial score (nSPS) is 10.5. The molecule has 0 atom stereocenters. The Hall–Kier alpha value is -1.91. The molecule has 0 saturated heterocycles. The van der Waals surface area contributed by atoms with E-state index in [1.165, 1.54) is 6.07 Å². The van der Waals surface area contributed by atoms with Gasteiger partial charge in [-0.25, -0.2) is 0 Å². The van der Waals surface area contributed by atoms with Gasteiger partial charge in [0, 0.05) is 29.7 Å². The second kappa shape index (κ2) is 6.50. The lowest BCUT2D eigenvalue weighted by molar-refractivity contribution is -0.385. The molecule has 5 heteroatoms. The van der Waals surface area contributed by atoms with Crippen LogP contribution in [0.5, 0.6) is 0 Å². The zero-order chi connectivity index (χ0) is 14.5. The van der Waals surface area contributed by atoms with E-state index in [1.54, 1.807) is 13.0 Å². The molecular formula is C15H15ClN2O2. The summed E-state index contributed by atoms with van der Waals surface area (Å²) in [6, 6.07) is 12.7. The van der Waals surface area contributed by atoms with Crippen LogP contribution in [0.2, 0.25) is 5.02 Å². The van der Waals surface area contributed by atoms with E-state index in [0.29, 0.717) is 23.7 Å². The first-order valence-corrected chi connectivity index (χ1v) is 6.64. The largest absolute Gasteiger partial charge is 0.309 e. The Balaban J connectivity index is 1.99. The van der Waals surface area contributed by atoms with Crippen LogP contribution in [-0.4, -0.2) is 4.92 Å². The van der Waals surface area contributed by atoms with E-state index >= 15 is 0 Å². The summed E-state index contributed by atoms with van der Waals surface area (Å²) in [6.45, 7) is 3.06. The van der Waals surface area contributed by atoms with Gasteiger partial charge in [-0.3, -0.25) is 10.1 Å². The van der Waals surface area contributed by atoms with Gasteiger partial charge in [-0.15, -0.1) is 0 Å². The molecule has 0 fully saturated rings. The van der Waals surface area contributed by atoms with E-state index in [0.717, 1.165) is 11.1 Å². The average Bonchev–Trinajstić information content (AvgIpc) is 2.42. The molecule has 0 aromatic heterocycles. The van der Waals surface area contributed by atoms with E-state index < -0.39 is 0 Å². The zero-order valence-electron chi connectivity index (χ0n) is 11.1. The van der Waals surface area contributed by atoms with Gasteiger partial charge >= 0.3 is 0 Å². The van der Waals surface area contributed by atoms with Crippen molar-refractivity contribution in [2.24, 2.45) is 0 Å². The van der Waals surface area contributed by atoms with Gasteiger partial charge in [0.05, 0.1) is 4.92 Å². The zero-order valence-corrected chi connectivity index (χ0v) is 11.9. The highest BCUT2D eigenvalue weighted by atomic mass is 35.5. The second-order valence-electron chi connectivity index (χ2n) is 4.55. The number of hydrogen-bond donors (Lipinski definition) is 1. The maximum atomic E-state index is 10.9. The summed E-state index contributed by atoms with van der Waals surface area (Å²) in [5.74, 6) is 0. The number of nitrogens with one attached hydrogen (secondary N) is 1. The highest BCUT2D eigenvalue weighted by Gasteiger charge is 2.12. The second-order valence-corrected chi connectivity index (χ2v) is 4.98. The van der Waals surface area contributed by atoms with Crippen LogP contribution in [0.1, 0.15) is 16.7 Å². The Labute approximate surface area is 122 Å². The molecule has 0 spiro atoms. The third-order valence-corrected chi connectivity index (χ3v) is 3.42. The Morgan fingerprint density at radius 1 is 1.15 bits per heavy atom. The number of hydrogen-bond acceptors (Lipinski definition) is 3. The smallest absolute Gasteiger partial charge is 0.272 e. The SMILES string of the molecule is Cc1c(CNCc2ccc(Cl)cc2)cccc1[N+](=O)[O-]. The summed E-state index contributed by atoms with van der Waals surface area (Å²) in [5, 5.41) is 14.9. The lowest BCUT2D eigenvalue weighted by Crippen LogP contribution is -2.13. The van der Waals surface area contributed by atoms with Crippen molar-refractivity contribution in [2.45, 2.75) is 20.0 Å². The van der Waals surface area contributed by atoms with Gasteiger partial charge in [0.25, 0.3) is 5.69 Å². The number of halogens is 1. The maximum absolute atomic E-state index is 10.9. The number of benzene rings is 2. The molecule has 2 rings (SSSR count). The minimum Gasteiger partial charge on any atom is -0.309 e. The Morgan fingerprint density at radius 3 is 2.50 bits per heavy atom. The lowest BCUT2D eigenvalue weighted by atomic mass is 10.1. The van der Waals surface area contributed by atoms with Crippen LogP contribution >= 0.6 is 11.6 Å². The monoisotopic (exact) mass is 290 g/mol. The molecule has 0 bridgehead atoms. The van der Waals surface area contributed by atoms with E-state index in [2.05, 4.69) is 5.32 Å². The Morgan fingerprint density at radius 2 is 1.85 bits per heavy atom. The van der Waals surface area contributed by atoms with E-state index in [9.17, 15) is 10.1 Å². The summed E-state index contributed by atoms with van der Waals surface area (Å²) >= 11 is 5.83. The number of nitro benzene ring substituents is 1. The molecule has 2 aromatic rings. The molecule has 0 aliphatic rings. The first-order valence-electron chi connectivity index (χ1n) is 6.26.